The second-order valence-corrected chi connectivity index (χ2v) is 10.3. The molecule has 2 aromatic heterocycles. The van der Waals surface area contributed by atoms with Gasteiger partial charge in [0, 0.05) is 21.5 Å². The van der Waals surface area contributed by atoms with Crippen molar-refractivity contribution in [2.75, 3.05) is 7.11 Å². The SMILES string of the molecule is COc1cc(C=Nn2c(-c3cc4cc(Br)ccc4o3)nc3ccccc3c2=O)cc([N+](=O)[O-])c1OCc1cccc(F)c1. The third-order valence-electron chi connectivity index (χ3n) is 6.52. The first-order valence-corrected chi connectivity index (χ1v) is 13.6. The van der Waals surface area contributed by atoms with Crippen molar-refractivity contribution in [1.82, 2.24) is 9.66 Å². The molecule has 214 valence electrons. The molecule has 0 N–H and O–H groups in total. The van der Waals surface area contributed by atoms with Crippen LogP contribution in [0.25, 0.3) is 33.5 Å². The first kappa shape index (κ1) is 27.8. The van der Waals surface area contributed by atoms with Crippen LogP contribution in [-0.4, -0.2) is 27.9 Å². The Morgan fingerprint density at radius 3 is 2.72 bits per heavy atom. The van der Waals surface area contributed by atoms with E-state index in [1.54, 1.807) is 42.5 Å². The second kappa shape index (κ2) is 11.5. The number of furan rings is 1. The first-order chi connectivity index (χ1) is 20.8. The van der Waals surface area contributed by atoms with E-state index < -0.39 is 22.0 Å². The second-order valence-electron chi connectivity index (χ2n) is 9.35. The molecule has 43 heavy (non-hydrogen) atoms. The number of benzene rings is 4. The van der Waals surface area contributed by atoms with Crippen LogP contribution < -0.4 is 15.0 Å². The maximum absolute atomic E-state index is 13.6. The van der Waals surface area contributed by atoms with E-state index in [0.29, 0.717) is 27.8 Å². The van der Waals surface area contributed by atoms with E-state index in [0.717, 1.165) is 14.5 Å². The molecule has 0 amide bonds. The molecular formula is C31H20BrFN4O6. The van der Waals surface area contributed by atoms with Gasteiger partial charge in [0.1, 0.15) is 18.0 Å². The highest BCUT2D eigenvalue weighted by molar-refractivity contribution is 9.10. The summed E-state index contributed by atoms with van der Waals surface area (Å²) in [6.45, 7) is -0.127. The summed E-state index contributed by atoms with van der Waals surface area (Å²) in [5.74, 6) is -0.0873. The number of nitro benzene ring substituents is 1. The molecule has 0 bridgehead atoms. The quantitative estimate of drug-likeness (QED) is 0.0986. The van der Waals surface area contributed by atoms with Crippen molar-refractivity contribution in [2.24, 2.45) is 5.10 Å². The lowest BCUT2D eigenvalue weighted by Crippen LogP contribution is -2.20. The lowest BCUT2D eigenvalue weighted by atomic mass is 10.1. The Kier molecular flexibility index (Phi) is 7.43. The smallest absolute Gasteiger partial charge is 0.315 e. The summed E-state index contributed by atoms with van der Waals surface area (Å²) < 4.78 is 32.7. The van der Waals surface area contributed by atoms with Crippen molar-refractivity contribution in [3.8, 4) is 23.1 Å². The highest BCUT2D eigenvalue weighted by Gasteiger charge is 2.23. The van der Waals surface area contributed by atoms with E-state index in [1.807, 2.05) is 12.1 Å². The van der Waals surface area contributed by atoms with Crippen molar-refractivity contribution in [1.29, 1.82) is 0 Å². The molecule has 6 aromatic rings. The average molecular weight is 643 g/mol. The Hall–Kier alpha value is -5.36. The Morgan fingerprint density at radius 1 is 1.09 bits per heavy atom. The molecule has 4 aromatic carbocycles. The molecule has 0 unspecified atom stereocenters. The summed E-state index contributed by atoms with van der Waals surface area (Å²) >= 11 is 3.45. The number of nitrogens with zero attached hydrogens (tertiary/aromatic N) is 4. The molecule has 0 radical (unpaired) electrons. The minimum absolute atomic E-state index is 0.0547. The van der Waals surface area contributed by atoms with Crippen LogP contribution in [0.1, 0.15) is 11.1 Å². The van der Waals surface area contributed by atoms with Crippen LogP contribution in [0.3, 0.4) is 0 Å². The molecule has 2 heterocycles. The maximum Gasteiger partial charge on any atom is 0.315 e. The fourth-order valence-electron chi connectivity index (χ4n) is 4.54. The predicted octanol–water partition coefficient (Wildman–Crippen LogP) is 7.09. The van der Waals surface area contributed by atoms with Crippen molar-refractivity contribution >= 4 is 49.7 Å². The molecule has 0 aliphatic carbocycles. The molecule has 0 spiro atoms. The zero-order valence-corrected chi connectivity index (χ0v) is 23.9. The number of nitro groups is 1. The summed E-state index contributed by atoms with van der Waals surface area (Å²) in [5.41, 5.74) is 0.911. The highest BCUT2D eigenvalue weighted by atomic mass is 79.9. The Bertz CT molecular complexity index is 2120. The Labute approximate surface area is 250 Å². The van der Waals surface area contributed by atoms with Gasteiger partial charge in [-0.3, -0.25) is 14.9 Å². The first-order valence-electron chi connectivity index (χ1n) is 12.8. The lowest BCUT2D eigenvalue weighted by molar-refractivity contribution is -0.386. The maximum atomic E-state index is 13.6. The number of hydrogen-bond donors (Lipinski definition) is 0. The van der Waals surface area contributed by atoms with Gasteiger partial charge in [0.25, 0.3) is 5.56 Å². The predicted molar refractivity (Wildman–Crippen MR) is 162 cm³/mol. The molecule has 0 saturated heterocycles. The van der Waals surface area contributed by atoms with Crippen molar-refractivity contribution in [3.05, 3.63) is 127 Å². The van der Waals surface area contributed by atoms with Crippen LogP contribution in [0.2, 0.25) is 0 Å². The van der Waals surface area contributed by atoms with E-state index in [9.17, 15) is 19.3 Å². The zero-order valence-electron chi connectivity index (χ0n) is 22.4. The summed E-state index contributed by atoms with van der Waals surface area (Å²) in [7, 11) is 1.34. The minimum Gasteiger partial charge on any atom is -0.493 e. The van der Waals surface area contributed by atoms with Gasteiger partial charge >= 0.3 is 5.69 Å². The van der Waals surface area contributed by atoms with E-state index >= 15 is 0 Å². The van der Waals surface area contributed by atoms with Crippen LogP contribution >= 0.6 is 15.9 Å². The number of hydrogen-bond acceptors (Lipinski definition) is 8. The summed E-state index contributed by atoms with van der Waals surface area (Å²) in [6.07, 6.45) is 1.28. The van der Waals surface area contributed by atoms with Crippen LogP contribution in [0.4, 0.5) is 10.1 Å². The number of methoxy groups -OCH3 is 1. The van der Waals surface area contributed by atoms with E-state index in [2.05, 4.69) is 26.0 Å². The molecule has 6 rings (SSSR count). The van der Waals surface area contributed by atoms with Crippen molar-refractivity contribution < 1.29 is 23.2 Å². The average Bonchev–Trinajstić information content (AvgIpc) is 3.42. The van der Waals surface area contributed by atoms with Crippen molar-refractivity contribution in [2.45, 2.75) is 6.61 Å². The monoisotopic (exact) mass is 642 g/mol. The third-order valence-corrected chi connectivity index (χ3v) is 7.01. The number of para-hydroxylation sites is 1. The number of aromatic nitrogens is 2. The number of halogens is 2. The van der Waals surface area contributed by atoms with Gasteiger partial charge in [-0.05, 0) is 60.2 Å². The Balaban J connectivity index is 1.44. The van der Waals surface area contributed by atoms with Crippen LogP contribution in [0, 0.1) is 15.9 Å². The van der Waals surface area contributed by atoms with Gasteiger partial charge in [0.15, 0.2) is 11.5 Å². The van der Waals surface area contributed by atoms with E-state index in [-0.39, 0.29) is 29.5 Å². The van der Waals surface area contributed by atoms with Gasteiger partial charge in [0.05, 0.1) is 29.2 Å². The van der Waals surface area contributed by atoms with Gasteiger partial charge in [-0.1, -0.05) is 40.2 Å². The standard InChI is InChI=1S/C31H20BrFN4O6/c1-41-27-13-19(12-25(37(39)40)29(27)42-17-18-5-4-6-22(33)11-18)16-34-36-30(35-24-8-3-2-7-23(24)31(36)38)28-15-20-14-21(32)9-10-26(20)43-28/h2-16H,17H2,1H3. The van der Waals surface area contributed by atoms with Crippen LogP contribution in [0.5, 0.6) is 11.5 Å². The topological polar surface area (TPSA) is 122 Å². The molecule has 0 fully saturated rings. The molecule has 0 atom stereocenters. The summed E-state index contributed by atoms with van der Waals surface area (Å²) in [5, 5.41) is 17.5. The molecule has 10 nitrogen and oxygen atoms in total. The minimum atomic E-state index is -0.623. The molecule has 0 aliphatic rings. The number of ether oxygens (including phenoxy) is 2. The fraction of sp³-hybridized carbons (Fsp3) is 0.0645. The zero-order chi connectivity index (χ0) is 30.1. The van der Waals surface area contributed by atoms with E-state index in [4.69, 9.17) is 13.9 Å². The van der Waals surface area contributed by atoms with Gasteiger partial charge < -0.3 is 13.9 Å². The third kappa shape index (κ3) is 5.60. The number of rotatable bonds is 8. The van der Waals surface area contributed by atoms with Gasteiger partial charge in [-0.25, -0.2) is 9.37 Å². The molecule has 12 heteroatoms. The number of fused-ring (bicyclic) bond motifs is 2. The summed E-state index contributed by atoms with van der Waals surface area (Å²) in [6, 6.07) is 22.5. The van der Waals surface area contributed by atoms with Gasteiger partial charge in [-0.2, -0.15) is 9.78 Å². The fourth-order valence-corrected chi connectivity index (χ4v) is 4.92. The van der Waals surface area contributed by atoms with E-state index in [1.165, 1.54) is 43.7 Å². The highest BCUT2D eigenvalue weighted by Crippen LogP contribution is 2.38. The lowest BCUT2D eigenvalue weighted by Gasteiger charge is -2.12. The van der Waals surface area contributed by atoms with Crippen LogP contribution in [-0.2, 0) is 6.61 Å². The Morgan fingerprint density at radius 2 is 1.93 bits per heavy atom. The summed E-state index contributed by atoms with van der Waals surface area (Å²) in [4.78, 5) is 29.6. The van der Waals surface area contributed by atoms with Gasteiger partial charge in [-0.15, -0.1) is 0 Å². The normalized spacial score (nSPS) is 11.4. The largest absolute Gasteiger partial charge is 0.493 e. The van der Waals surface area contributed by atoms with Crippen LogP contribution in [0.15, 0.2) is 104 Å². The molecule has 0 saturated carbocycles. The molecular weight excluding hydrogens is 623 g/mol. The molecule has 0 aliphatic heterocycles. The van der Waals surface area contributed by atoms with Gasteiger partial charge in [0.2, 0.25) is 11.6 Å². The van der Waals surface area contributed by atoms with Crippen molar-refractivity contribution in [3.63, 3.8) is 0 Å².